The summed E-state index contributed by atoms with van der Waals surface area (Å²) < 4.78 is 1.01. The molecule has 0 fully saturated rings. The van der Waals surface area contributed by atoms with E-state index in [-0.39, 0.29) is 11.9 Å². The van der Waals surface area contributed by atoms with Gasteiger partial charge in [-0.1, -0.05) is 28.1 Å². The number of rotatable bonds is 3. The summed E-state index contributed by atoms with van der Waals surface area (Å²) in [6, 6.07) is 11.0. The van der Waals surface area contributed by atoms with Crippen LogP contribution in [0.4, 0.5) is 5.82 Å². The van der Waals surface area contributed by atoms with Crippen molar-refractivity contribution >= 4 is 27.7 Å². The highest BCUT2D eigenvalue weighted by Crippen LogP contribution is 2.17. The smallest absolute Gasteiger partial charge is 0.253 e. The first kappa shape index (κ1) is 13.5. The normalized spacial score (nSPS) is 11.9. The van der Waals surface area contributed by atoms with Crippen molar-refractivity contribution in [2.45, 2.75) is 13.0 Å². The first-order valence-corrected chi connectivity index (χ1v) is 6.63. The van der Waals surface area contributed by atoms with Gasteiger partial charge in [-0.05, 0) is 36.8 Å². The van der Waals surface area contributed by atoms with Gasteiger partial charge in [0.1, 0.15) is 5.82 Å². The third kappa shape index (κ3) is 3.54. The van der Waals surface area contributed by atoms with Crippen LogP contribution in [-0.4, -0.2) is 10.9 Å². The zero-order chi connectivity index (χ0) is 13.8. The van der Waals surface area contributed by atoms with Crippen molar-refractivity contribution in [2.24, 2.45) is 0 Å². The van der Waals surface area contributed by atoms with Crippen LogP contribution in [-0.2, 0) is 0 Å². The molecule has 1 aromatic heterocycles. The quantitative estimate of drug-likeness (QED) is 0.914. The molecule has 98 valence electrons. The van der Waals surface area contributed by atoms with Crippen molar-refractivity contribution in [1.29, 1.82) is 0 Å². The number of benzene rings is 1. The molecule has 3 N–H and O–H groups in total. The van der Waals surface area contributed by atoms with E-state index in [1.807, 2.05) is 31.2 Å². The van der Waals surface area contributed by atoms with Crippen LogP contribution in [0.15, 0.2) is 47.1 Å². The Hall–Kier alpha value is -1.88. The molecule has 19 heavy (non-hydrogen) atoms. The van der Waals surface area contributed by atoms with E-state index >= 15 is 0 Å². The van der Waals surface area contributed by atoms with Gasteiger partial charge >= 0.3 is 0 Å². The molecule has 0 aliphatic carbocycles. The van der Waals surface area contributed by atoms with Gasteiger partial charge in [0.2, 0.25) is 0 Å². The van der Waals surface area contributed by atoms with E-state index < -0.39 is 0 Å². The van der Waals surface area contributed by atoms with Crippen molar-refractivity contribution in [3.05, 3.63) is 58.2 Å². The summed E-state index contributed by atoms with van der Waals surface area (Å²) in [4.78, 5) is 15.9. The Labute approximate surface area is 120 Å². The molecule has 0 saturated carbocycles. The molecular weight excluding hydrogens is 306 g/mol. The van der Waals surface area contributed by atoms with Gasteiger partial charge in [-0.2, -0.15) is 0 Å². The monoisotopic (exact) mass is 319 g/mol. The van der Waals surface area contributed by atoms with Gasteiger partial charge in [0, 0.05) is 10.7 Å². The summed E-state index contributed by atoms with van der Waals surface area (Å²) in [6.07, 6.45) is 1.47. The zero-order valence-corrected chi connectivity index (χ0v) is 12.0. The summed E-state index contributed by atoms with van der Waals surface area (Å²) in [7, 11) is 0. The summed E-state index contributed by atoms with van der Waals surface area (Å²) in [5.74, 6) is 0.237. The molecule has 0 bridgehead atoms. The van der Waals surface area contributed by atoms with E-state index in [4.69, 9.17) is 5.73 Å². The predicted molar refractivity (Wildman–Crippen MR) is 78.7 cm³/mol. The average molecular weight is 320 g/mol. The predicted octanol–water partition coefficient (Wildman–Crippen LogP) is 2.92. The molecule has 0 aliphatic rings. The van der Waals surface area contributed by atoms with Crippen molar-refractivity contribution < 1.29 is 4.79 Å². The Morgan fingerprint density at radius 2 is 1.95 bits per heavy atom. The van der Waals surface area contributed by atoms with Crippen LogP contribution in [0.2, 0.25) is 0 Å². The maximum atomic E-state index is 12.0. The molecule has 2 rings (SSSR count). The Bertz CT molecular complexity index is 566. The van der Waals surface area contributed by atoms with Crippen molar-refractivity contribution in [2.75, 3.05) is 5.73 Å². The SMILES string of the molecule is CC(NC(=O)c1ccc(N)nc1)c1ccc(Br)cc1. The number of amides is 1. The molecule has 4 nitrogen and oxygen atoms in total. The summed E-state index contributed by atoms with van der Waals surface area (Å²) in [5.41, 5.74) is 7.03. The number of carbonyl (C=O) groups is 1. The van der Waals surface area contributed by atoms with Crippen molar-refractivity contribution in [3.63, 3.8) is 0 Å². The number of halogens is 1. The molecule has 0 radical (unpaired) electrons. The fourth-order valence-electron chi connectivity index (χ4n) is 1.65. The van der Waals surface area contributed by atoms with Crippen LogP contribution in [0, 0.1) is 0 Å². The number of nitrogen functional groups attached to an aromatic ring is 1. The van der Waals surface area contributed by atoms with Crippen molar-refractivity contribution in [3.8, 4) is 0 Å². The van der Waals surface area contributed by atoms with Crippen LogP contribution in [0.1, 0.15) is 28.9 Å². The largest absolute Gasteiger partial charge is 0.384 e. The maximum absolute atomic E-state index is 12.0. The zero-order valence-electron chi connectivity index (χ0n) is 10.4. The molecule has 1 atom stereocenters. The minimum absolute atomic E-state index is 0.0712. The number of pyridine rings is 1. The van der Waals surface area contributed by atoms with Gasteiger partial charge in [0.15, 0.2) is 0 Å². The first-order chi connectivity index (χ1) is 9.06. The average Bonchev–Trinajstić information content (AvgIpc) is 2.40. The van der Waals surface area contributed by atoms with Crippen LogP contribution in [0.3, 0.4) is 0 Å². The number of anilines is 1. The summed E-state index contributed by atoms with van der Waals surface area (Å²) in [5, 5.41) is 2.92. The third-order valence-corrected chi connectivity index (χ3v) is 3.29. The number of hydrogen-bond acceptors (Lipinski definition) is 3. The van der Waals surface area contributed by atoms with E-state index in [0.717, 1.165) is 10.0 Å². The number of hydrogen-bond donors (Lipinski definition) is 2. The molecule has 5 heteroatoms. The molecule has 1 amide bonds. The molecule has 0 spiro atoms. The van der Waals surface area contributed by atoms with Gasteiger partial charge in [-0.3, -0.25) is 4.79 Å². The lowest BCUT2D eigenvalue weighted by Crippen LogP contribution is -2.26. The Morgan fingerprint density at radius 3 is 2.53 bits per heavy atom. The van der Waals surface area contributed by atoms with Gasteiger partial charge < -0.3 is 11.1 Å². The molecule has 1 aromatic carbocycles. The fraction of sp³-hybridized carbons (Fsp3) is 0.143. The van der Waals surface area contributed by atoms with E-state index in [9.17, 15) is 4.79 Å². The highest BCUT2D eigenvalue weighted by atomic mass is 79.9. The van der Waals surface area contributed by atoms with Gasteiger partial charge in [0.05, 0.1) is 11.6 Å². The minimum Gasteiger partial charge on any atom is -0.384 e. The van der Waals surface area contributed by atoms with E-state index in [0.29, 0.717) is 11.4 Å². The number of nitrogens with two attached hydrogens (primary N) is 1. The molecule has 2 aromatic rings. The van der Waals surface area contributed by atoms with E-state index in [1.165, 1.54) is 6.20 Å². The van der Waals surface area contributed by atoms with E-state index in [2.05, 4.69) is 26.2 Å². The van der Waals surface area contributed by atoms with Gasteiger partial charge in [-0.15, -0.1) is 0 Å². The lowest BCUT2D eigenvalue weighted by molar-refractivity contribution is 0.0939. The Balaban J connectivity index is 2.06. The number of aromatic nitrogens is 1. The summed E-state index contributed by atoms with van der Waals surface area (Å²) in [6.45, 7) is 1.94. The molecule has 1 heterocycles. The number of nitrogens with one attached hydrogen (secondary N) is 1. The molecular formula is C14H14BrN3O. The second-order valence-corrected chi connectivity index (χ2v) is 5.13. The second kappa shape index (κ2) is 5.84. The number of carbonyl (C=O) groups excluding carboxylic acids is 1. The molecule has 1 unspecified atom stereocenters. The fourth-order valence-corrected chi connectivity index (χ4v) is 1.92. The third-order valence-electron chi connectivity index (χ3n) is 2.77. The topological polar surface area (TPSA) is 68.0 Å². The Kier molecular flexibility index (Phi) is 4.16. The lowest BCUT2D eigenvalue weighted by Gasteiger charge is -2.14. The van der Waals surface area contributed by atoms with Crippen LogP contribution >= 0.6 is 15.9 Å². The van der Waals surface area contributed by atoms with Gasteiger partial charge in [-0.25, -0.2) is 4.98 Å². The van der Waals surface area contributed by atoms with E-state index in [1.54, 1.807) is 12.1 Å². The highest BCUT2D eigenvalue weighted by molar-refractivity contribution is 9.10. The maximum Gasteiger partial charge on any atom is 0.253 e. The first-order valence-electron chi connectivity index (χ1n) is 5.84. The summed E-state index contributed by atoms with van der Waals surface area (Å²) >= 11 is 3.38. The van der Waals surface area contributed by atoms with Gasteiger partial charge in [0.25, 0.3) is 5.91 Å². The van der Waals surface area contributed by atoms with Crippen molar-refractivity contribution in [1.82, 2.24) is 10.3 Å². The lowest BCUT2D eigenvalue weighted by atomic mass is 10.1. The minimum atomic E-state index is -0.164. The van der Waals surface area contributed by atoms with Crippen LogP contribution in [0.25, 0.3) is 0 Å². The molecule has 0 aliphatic heterocycles. The second-order valence-electron chi connectivity index (χ2n) is 4.22. The standard InChI is InChI=1S/C14H14BrN3O/c1-9(10-2-5-12(15)6-3-10)18-14(19)11-4-7-13(16)17-8-11/h2-9H,1H3,(H2,16,17)(H,18,19). The Morgan fingerprint density at radius 1 is 1.26 bits per heavy atom. The van der Waals surface area contributed by atoms with Crippen LogP contribution in [0.5, 0.6) is 0 Å². The van der Waals surface area contributed by atoms with Crippen LogP contribution < -0.4 is 11.1 Å². The molecule has 0 saturated heterocycles. The number of nitrogens with zero attached hydrogens (tertiary/aromatic N) is 1. The highest BCUT2D eigenvalue weighted by Gasteiger charge is 2.11.